The third kappa shape index (κ3) is 4.68. The third-order valence-corrected chi connectivity index (χ3v) is 5.24. The second kappa shape index (κ2) is 8.80. The van der Waals surface area contributed by atoms with Gasteiger partial charge in [-0.3, -0.25) is 4.79 Å². The average molecular weight is 457 g/mol. The number of benzene rings is 2. The molecule has 1 aliphatic rings. The van der Waals surface area contributed by atoms with Gasteiger partial charge in [0.25, 0.3) is 5.91 Å². The fourth-order valence-electron chi connectivity index (χ4n) is 3.25. The number of amides is 1. The molecule has 0 radical (unpaired) electrons. The van der Waals surface area contributed by atoms with Crippen molar-refractivity contribution >= 4 is 38.5 Å². The highest BCUT2D eigenvalue weighted by atomic mass is 79.9. The molecule has 1 saturated heterocycles. The average Bonchev–Trinajstić information content (AvgIpc) is 3.25. The van der Waals surface area contributed by atoms with Crippen LogP contribution in [0, 0.1) is 0 Å². The Labute approximate surface area is 176 Å². The number of hydrogen-bond acceptors (Lipinski definition) is 5. The highest BCUT2D eigenvalue weighted by Gasteiger charge is 2.18. The fourth-order valence-corrected chi connectivity index (χ4v) is 3.63. The maximum atomic E-state index is 12.9. The summed E-state index contributed by atoms with van der Waals surface area (Å²) < 4.78 is 17.8. The van der Waals surface area contributed by atoms with Crippen LogP contribution in [0.1, 0.15) is 23.2 Å². The van der Waals surface area contributed by atoms with Gasteiger partial charge in [-0.2, -0.15) is 0 Å². The Morgan fingerprint density at radius 1 is 1.28 bits per heavy atom. The molecule has 6 nitrogen and oxygen atoms in total. The van der Waals surface area contributed by atoms with E-state index >= 15 is 0 Å². The van der Waals surface area contributed by atoms with Crippen molar-refractivity contribution in [3.05, 3.63) is 64.1 Å². The lowest BCUT2D eigenvalue weighted by atomic mass is 10.1. The summed E-state index contributed by atoms with van der Waals surface area (Å²) in [5.41, 5.74) is 1.90. The van der Waals surface area contributed by atoms with Gasteiger partial charge in [-0.1, -0.05) is 22.0 Å². The van der Waals surface area contributed by atoms with Crippen molar-refractivity contribution in [2.45, 2.75) is 18.9 Å². The summed E-state index contributed by atoms with van der Waals surface area (Å²) in [6, 6.07) is 14.7. The van der Waals surface area contributed by atoms with Crippen molar-refractivity contribution in [1.82, 2.24) is 5.32 Å². The van der Waals surface area contributed by atoms with E-state index in [4.69, 9.17) is 13.9 Å². The van der Waals surface area contributed by atoms with Gasteiger partial charge in [-0.25, -0.2) is 4.99 Å². The van der Waals surface area contributed by atoms with Crippen LogP contribution in [0.5, 0.6) is 5.75 Å². The molecular formula is C22H21BrN2O4. The first-order chi connectivity index (χ1) is 14.1. The van der Waals surface area contributed by atoms with Gasteiger partial charge in [0.1, 0.15) is 16.9 Å². The molecule has 0 unspecified atom stereocenters. The molecule has 1 aliphatic heterocycles. The predicted octanol–water partition coefficient (Wildman–Crippen LogP) is 4.35. The van der Waals surface area contributed by atoms with Crippen LogP contribution in [-0.4, -0.2) is 32.3 Å². The lowest BCUT2D eigenvalue weighted by Gasteiger charge is -2.11. The normalized spacial score (nSPS) is 16.9. The molecular weight excluding hydrogens is 436 g/mol. The fraction of sp³-hybridized carbons (Fsp3) is 0.273. The zero-order valence-electron chi connectivity index (χ0n) is 16.0. The van der Waals surface area contributed by atoms with Gasteiger partial charge in [0.2, 0.25) is 5.55 Å². The maximum absolute atomic E-state index is 12.9. The van der Waals surface area contributed by atoms with Crippen LogP contribution in [0.15, 0.2) is 62.4 Å². The number of ether oxygens (including phenoxy) is 2. The molecule has 0 spiro atoms. The number of fused-ring (bicyclic) bond motifs is 1. The van der Waals surface area contributed by atoms with Gasteiger partial charge in [-0.05, 0) is 49.2 Å². The van der Waals surface area contributed by atoms with Crippen LogP contribution in [0.2, 0.25) is 0 Å². The summed E-state index contributed by atoms with van der Waals surface area (Å²) >= 11 is 3.46. The smallest absolute Gasteiger partial charge is 0.256 e. The van der Waals surface area contributed by atoms with Gasteiger partial charge in [0, 0.05) is 29.1 Å². The largest absolute Gasteiger partial charge is 0.497 e. The van der Waals surface area contributed by atoms with Crippen LogP contribution in [0.4, 0.5) is 5.69 Å². The Bertz CT molecular complexity index is 1100. The summed E-state index contributed by atoms with van der Waals surface area (Å²) in [7, 11) is 1.60. The summed E-state index contributed by atoms with van der Waals surface area (Å²) in [6.45, 7) is 1.21. The van der Waals surface area contributed by atoms with Crippen molar-refractivity contribution in [2.75, 3.05) is 20.3 Å². The number of rotatable bonds is 5. The highest BCUT2D eigenvalue weighted by Crippen LogP contribution is 2.22. The summed E-state index contributed by atoms with van der Waals surface area (Å²) in [5.74, 6) is 0.438. The van der Waals surface area contributed by atoms with Crippen molar-refractivity contribution in [3.63, 3.8) is 0 Å². The lowest BCUT2D eigenvalue weighted by Crippen LogP contribution is -2.34. The van der Waals surface area contributed by atoms with Gasteiger partial charge in [-0.15, -0.1) is 0 Å². The maximum Gasteiger partial charge on any atom is 0.256 e. The second-order valence-electron chi connectivity index (χ2n) is 6.81. The number of nitrogens with one attached hydrogen (secondary N) is 1. The molecule has 0 saturated carbocycles. The molecule has 1 amide bonds. The standard InChI is InChI=1S/C22H21BrN2O4/c1-27-17-5-2-4-16(12-17)25-22-19(21(26)24-13-18-6-3-9-28-18)11-14-10-15(23)7-8-20(14)29-22/h2,4-5,7-8,10-12,18H,3,6,9,13H2,1H3,(H,24,26)/t18-/m0/s1. The second-order valence-corrected chi connectivity index (χ2v) is 7.72. The molecule has 2 heterocycles. The van der Waals surface area contributed by atoms with Crippen molar-refractivity contribution in [3.8, 4) is 5.75 Å². The molecule has 150 valence electrons. The molecule has 29 heavy (non-hydrogen) atoms. The van der Waals surface area contributed by atoms with E-state index in [2.05, 4.69) is 26.2 Å². The Hall–Kier alpha value is -2.64. The lowest BCUT2D eigenvalue weighted by molar-refractivity contribution is 0.0854. The van der Waals surface area contributed by atoms with E-state index in [1.165, 1.54) is 0 Å². The SMILES string of the molecule is COc1cccc(N=c2oc3ccc(Br)cc3cc2C(=O)NC[C@@H]2CCCO2)c1. The number of methoxy groups -OCH3 is 1. The van der Waals surface area contributed by atoms with Crippen molar-refractivity contribution in [2.24, 2.45) is 4.99 Å². The molecule has 0 bridgehead atoms. The molecule has 1 N–H and O–H groups in total. The Balaban J connectivity index is 1.75. The van der Waals surface area contributed by atoms with Crippen LogP contribution >= 0.6 is 15.9 Å². The number of hydrogen-bond donors (Lipinski definition) is 1. The molecule has 1 aromatic heterocycles. The van der Waals surface area contributed by atoms with E-state index in [0.29, 0.717) is 29.1 Å². The molecule has 2 aromatic carbocycles. The first-order valence-electron chi connectivity index (χ1n) is 9.44. The van der Waals surface area contributed by atoms with E-state index in [1.54, 1.807) is 19.2 Å². The molecule has 3 aromatic rings. The zero-order valence-corrected chi connectivity index (χ0v) is 17.6. The Morgan fingerprint density at radius 3 is 2.97 bits per heavy atom. The van der Waals surface area contributed by atoms with Crippen molar-refractivity contribution in [1.29, 1.82) is 0 Å². The monoisotopic (exact) mass is 456 g/mol. The van der Waals surface area contributed by atoms with E-state index in [-0.39, 0.29) is 17.6 Å². The first kappa shape index (κ1) is 19.7. The van der Waals surface area contributed by atoms with Gasteiger partial charge in [0.05, 0.1) is 18.9 Å². The van der Waals surface area contributed by atoms with E-state index in [0.717, 1.165) is 29.3 Å². The topological polar surface area (TPSA) is 73.1 Å². The third-order valence-electron chi connectivity index (χ3n) is 4.75. The van der Waals surface area contributed by atoms with Crippen LogP contribution in [0.3, 0.4) is 0 Å². The predicted molar refractivity (Wildman–Crippen MR) is 113 cm³/mol. The molecule has 1 fully saturated rings. The first-order valence-corrected chi connectivity index (χ1v) is 10.2. The summed E-state index contributed by atoms with van der Waals surface area (Å²) in [5, 5.41) is 3.76. The van der Waals surface area contributed by atoms with Gasteiger partial charge < -0.3 is 19.2 Å². The zero-order chi connectivity index (χ0) is 20.2. The van der Waals surface area contributed by atoms with Crippen molar-refractivity contribution < 1.29 is 18.7 Å². The van der Waals surface area contributed by atoms with E-state index in [1.807, 2.05) is 36.4 Å². The minimum atomic E-state index is -0.243. The van der Waals surface area contributed by atoms with Gasteiger partial charge in [0.15, 0.2) is 0 Å². The highest BCUT2D eigenvalue weighted by molar-refractivity contribution is 9.10. The summed E-state index contributed by atoms with van der Waals surface area (Å²) in [4.78, 5) is 17.5. The Morgan fingerprint density at radius 2 is 2.17 bits per heavy atom. The van der Waals surface area contributed by atoms with Crippen LogP contribution in [-0.2, 0) is 4.74 Å². The quantitative estimate of drug-likeness (QED) is 0.619. The number of carbonyl (C=O) groups excluding carboxylic acids is 1. The minimum absolute atomic E-state index is 0.0595. The Kier molecular flexibility index (Phi) is 5.97. The van der Waals surface area contributed by atoms with Crippen LogP contribution < -0.4 is 15.6 Å². The molecule has 0 aliphatic carbocycles. The number of carbonyl (C=O) groups is 1. The summed E-state index contributed by atoms with van der Waals surface area (Å²) in [6.07, 6.45) is 2.04. The number of nitrogens with zero attached hydrogens (tertiary/aromatic N) is 1. The van der Waals surface area contributed by atoms with E-state index < -0.39 is 0 Å². The number of halogens is 1. The van der Waals surface area contributed by atoms with Crippen LogP contribution in [0.25, 0.3) is 11.0 Å². The van der Waals surface area contributed by atoms with E-state index in [9.17, 15) is 4.79 Å². The molecule has 7 heteroatoms. The molecule has 1 atom stereocenters. The minimum Gasteiger partial charge on any atom is -0.497 e. The van der Waals surface area contributed by atoms with Gasteiger partial charge >= 0.3 is 0 Å². The molecule has 4 rings (SSSR count).